The van der Waals surface area contributed by atoms with Gasteiger partial charge >= 0.3 is 12.7 Å². The second-order valence-electron chi connectivity index (χ2n) is 19.1. The van der Waals surface area contributed by atoms with E-state index in [2.05, 4.69) is 111 Å². The second-order valence-corrected chi connectivity index (χ2v) is 21.3. The number of amidine groups is 3. The lowest BCUT2D eigenvalue weighted by molar-refractivity contribution is -0.275. The molecular weight excluding hydrogens is 1100 g/mol. The number of thioether (sulfide) groups is 2. The molecule has 2 saturated heterocycles. The van der Waals surface area contributed by atoms with Crippen molar-refractivity contribution in [2.75, 3.05) is 41.4 Å². The van der Waals surface area contributed by atoms with Crippen LogP contribution in [0.4, 0.5) is 43.4 Å². The number of hydrogen-bond acceptors (Lipinski definition) is 11. The van der Waals surface area contributed by atoms with Gasteiger partial charge in [0.25, 0.3) is 0 Å². The van der Waals surface area contributed by atoms with Crippen molar-refractivity contribution < 1.29 is 35.8 Å². The Morgan fingerprint density at radius 2 is 1.37 bits per heavy atom. The predicted molar refractivity (Wildman–Crippen MR) is 314 cm³/mol. The zero-order valence-electron chi connectivity index (χ0n) is 43.7. The lowest BCUT2D eigenvalue weighted by Crippen LogP contribution is -2.27. The van der Waals surface area contributed by atoms with Crippen LogP contribution in [0.2, 0.25) is 0 Å². The van der Waals surface area contributed by atoms with E-state index >= 15 is 0 Å². The molecule has 2 aliphatic heterocycles. The minimum atomic E-state index is -4.78. The maximum absolute atomic E-state index is 12.7. The maximum Gasteiger partial charge on any atom is 0.573 e. The van der Waals surface area contributed by atoms with Crippen molar-refractivity contribution in [2.24, 2.45) is 31.0 Å². The summed E-state index contributed by atoms with van der Waals surface area (Å²) >= 11 is 3.41. The van der Waals surface area contributed by atoms with Gasteiger partial charge in [0.1, 0.15) is 30.0 Å². The van der Waals surface area contributed by atoms with Crippen LogP contribution in [0.25, 0.3) is 28.2 Å². The summed E-state index contributed by atoms with van der Waals surface area (Å²) in [6.07, 6.45) is -4.10. The van der Waals surface area contributed by atoms with E-state index < -0.39 is 12.7 Å². The van der Waals surface area contributed by atoms with Gasteiger partial charge in [0.2, 0.25) is 0 Å². The lowest BCUT2D eigenvalue weighted by atomic mass is 9.97. The summed E-state index contributed by atoms with van der Waals surface area (Å²) in [5.41, 5.74) is 17.5. The van der Waals surface area contributed by atoms with Gasteiger partial charge in [0.15, 0.2) is 16.2 Å². The molecule has 1 aliphatic carbocycles. The summed E-state index contributed by atoms with van der Waals surface area (Å²) in [5.74, 6) is 2.41. The Bertz CT molecular complexity index is 3690. The van der Waals surface area contributed by atoms with E-state index in [1.807, 2.05) is 54.5 Å². The zero-order valence-corrected chi connectivity index (χ0v) is 45.3. The van der Waals surface area contributed by atoms with Gasteiger partial charge < -0.3 is 25.0 Å². The highest BCUT2D eigenvalue weighted by Gasteiger charge is 2.43. The first-order chi connectivity index (χ1) is 39.7. The summed E-state index contributed by atoms with van der Waals surface area (Å²) in [6, 6.07) is 51.7. The molecule has 8 aromatic rings. The maximum atomic E-state index is 12.7. The molecule has 1 saturated carbocycles. The van der Waals surface area contributed by atoms with E-state index in [0.29, 0.717) is 41.1 Å². The summed E-state index contributed by atoms with van der Waals surface area (Å²) < 4.78 is 84.8. The fraction of sp³-hybridized carbons (Fsp3) is 0.183. The number of aromatic nitrogens is 3. The van der Waals surface area contributed by atoms with Crippen LogP contribution in [0.1, 0.15) is 46.1 Å². The van der Waals surface area contributed by atoms with Crippen LogP contribution in [-0.2, 0) is 6.54 Å². The van der Waals surface area contributed by atoms with Crippen LogP contribution in [0.3, 0.4) is 0 Å². The molecule has 22 heteroatoms. The van der Waals surface area contributed by atoms with E-state index in [1.165, 1.54) is 77.0 Å². The number of benzene rings is 7. The first-order valence-corrected chi connectivity index (χ1v) is 27.8. The van der Waals surface area contributed by atoms with Gasteiger partial charge in [-0.1, -0.05) is 133 Å². The van der Waals surface area contributed by atoms with Crippen LogP contribution in [0.5, 0.6) is 11.5 Å². The average Bonchev–Trinajstić information content (AvgIpc) is 3.70. The molecule has 2 N–H and O–H groups in total. The molecule has 0 bridgehead atoms. The lowest BCUT2D eigenvalue weighted by Gasteiger charge is -2.25. The smallest absolute Gasteiger partial charge is 0.406 e. The Hall–Kier alpha value is -8.89. The van der Waals surface area contributed by atoms with Gasteiger partial charge in [0.05, 0.1) is 29.8 Å². The number of rotatable bonds is 17. The Labute approximate surface area is 476 Å². The molecule has 2 unspecified atom stereocenters. The third-order valence-corrected chi connectivity index (χ3v) is 15.4. The molecule has 416 valence electrons. The minimum Gasteiger partial charge on any atom is -0.406 e. The monoisotopic (exact) mass is 1150 g/mol. The third-order valence-electron chi connectivity index (χ3n) is 13.5. The largest absolute Gasteiger partial charge is 0.573 e. The highest BCUT2D eigenvalue weighted by atomic mass is 32.2. The summed E-state index contributed by atoms with van der Waals surface area (Å²) in [5, 5.41) is 22.6. The predicted octanol–water partition coefficient (Wildman–Crippen LogP) is 13.6. The van der Waals surface area contributed by atoms with E-state index in [4.69, 9.17) is 15.9 Å². The van der Waals surface area contributed by atoms with Gasteiger partial charge in [-0.2, -0.15) is 10.2 Å². The van der Waals surface area contributed by atoms with Gasteiger partial charge in [-0.05, 0) is 107 Å². The van der Waals surface area contributed by atoms with Crippen LogP contribution in [0.15, 0.2) is 201 Å². The Kier molecular flexibility index (Phi) is 16.1. The second kappa shape index (κ2) is 24.1. The number of hydrogen-bond donors (Lipinski definition) is 1. The van der Waals surface area contributed by atoms with Crippen molar-refractivity contribution in [3.05, 3.63) is 204 Å². The quantitative estimate of drug-likeness (QED) is 0.0404. The molecule has 3 heterocycles. The highest BCUT2D eigenvalue weighted by molar-refractivity contribution is 8.14. The number of aliphatic imine (C=N–C) groups is 2. The molecule has 11 rings (SSSR count). The van der Waals surface area contributed by atoms with Crippen molar-refractivity contribution in [2.45, 2.75) is 37.5 Å². The van der Waals surface area contributed by atoms with E-state index in [1.54, 1.807) is 41.9 Å². The van der Waals surface area contributed by atoms with Gasteiger partial charge in [-0.25, -0.2) is 19.7 Å². The van der Waals surface area contributed by atoms with Gasteiger partial charge in [0, 0.05) is 54.0 Å². The Morgan fingerprint density at radius 1 is 0.707 bits per heavy atom. The standard InChI is InChI=1S/C60H50F6N12O2S2/c1-75(36-40-13-17-43(18-14-40)56-70-38-78(73-56)46-22-26-48(27-23-46)80-60(64,65)66)74-58-77(30-32-82-58)54-33-44(19-28-49(54)41-7-3-2-4-8-41)51-34-52(51)50-9-5-6-10-53(50)76-29-31-81-57(76)72-71-35-39-11-15-42(16-12-39)55(67)69-37-68-45-20-24-47(25-21-45)79-59(61,62)63/h2-28,33,35,37-38,51-52H,29-32,34,36H2,1H3,(H2,67,68,69)/b71-35+,72-57-,74-58-. The van der Waals surface area contributed by atoms with Gasteiger partial charge in [-0.3, -0.25) is 5.01 Å². The van der Waals surface area contributed by atoms with Crippen molar-refractivity contribution in [3.63, 3.8) is 0 Å². The molecule has 0 amide bonds. The number of nitrogens with two attached hydrogens (primary N) is 1. The van der Waals surface area contributed by atoms with Crippen LogP contribution >= 0.6 is 23.5 Å². The molecule has 1 aromatic heterocycles. The number of halogens is 6. The summed E-state index contributed by atoms with van der Waals surface area (Å²) in [4.78, 5) is 17.4. The van der Waals surface area contributed by atoms with Crippen LogP contribution < -0.4 is 25.0 Å². The van der Waals surface area contributed by atoms with E-state index in [0.717, 1.165) is 80.5 Å². The zero-order chi connectivity index (χ0) is 56.8. The summed E-state index contributed by atoms with van der Waals surface area (Å²) in [6.45, 7) is 2.15. The first-order valence-electron chi connectivity index (χ1n) is 25.9. The van der Waals surface area contributed by atoms with Gasteiger partial charge in [-0.15, -0.1) is 36.5 Å². The normalized spacial score (nSPS) is 17.7. The minimum absolute atomic E-state index is 0.207. The third kappa shape index (κ3) is 13.6. The number of ether oxygens (including phenoxy) is 2. The highest BCUT2D eigenvalue weighted by Crippen LogP contribution is 2.58. The molecule has 0 radical (unpaired) electrons. The number of nitrogens with zero attached hydrogens (tertiary/aromatic N) is 11. The summed E-state index contributed by atoms with van der Waals surface area (Å²) in [7, 11) is 1.97. The van der Waals surface area contributed by atoms with Crippen LogP contribution in [-0.4, -0.2) is 92.9 Å². The number of hydrazone groups is 1. The molecule has 14 nitrogen and oxygen atoms in total. The molecule has 3 fully saturated rings. The number of alkyl halides is 6. The SMILES string of the molecule is CN(Cc1ccc(-c2ncn(-c3ccc(OC(F)(F)F)cc3)n2)cc1)/N=C1\SCCN1c1cc(C2CC2c2ccccc2N2CCS/C2=N\N=C\c2ccc(C(N)=NC=Nc3ccc(OC(F)(F)F)cc3)cc2)ccc1-c1ccccc1. The average molecular weight is 1150 g/mol. The van der Waals surface area contributed by atoms with E-state index in [-0.39, 0.29) is 17.3 Å². The number of anilines is 2. The Balaban J connectivity index is 0.745. The van der Waals surface area contributed by atoms with Crippen molar-refractivity contribution in [1.82, 2.24) is 19.8 Å². The Morgan fingerprint density at radius 3 is 2.07 bits per heavy atom. The van der Waals surface area contributed by atoms with Crippen molar-refractivity contribution in [3.8, 4) is 39.7 Å². The van der Waals surface area contributed by atoms with E-state index in [9.17, 15) is 26.3 Å². The fourth-order valence-corrected chi connectivity index (χ4v) is 11.5. The molecule has 3 aliphatic rings. The van der Waals surface area contributed by atoms with Crippen molar-refractivity contribution in [1.29, 1.82) is 0 Å². The van der Waals surface area contributed by atoms with Crippen LogP contribution in [0, 0.1) is 0 Å². The topological polar surface area (TPSA) is 147 Å². The molecule has 82 heavy (non-hydrogen) atoms. The molecule has 2 atom stereocenters. The number of para-hydroxylation sites is 1. The molecular formula is C60H50F6N12O2S2. The first kappa shape index (κ1) is 55.0. The fourth-order valence-electron chi connectivity index (χ4n) is 9.61. The van der Waals surface area contributed by atoms with Crippen molar-refractivity contribution >= 4 is 69.3 Å². The molecule has 0 spiro atoms. The molecule has 7 aromatic carbocycles.